The number of hydrogen-bond donors (Lipinski definition) is 1. The van der Waals surface area contributed by atoms with Gasteiger partial charge in [0.1, 0.15) is 0 Å². The van der Waals surface area contributed by atoms with Gasteiger partial charge in [-0.05, 0) is 19.9 Å². The van der Waals surface area contributed by atoms with Crippen molar-refractivity contribution < 1.29 is 0 Å². The summed E-state index contributed by atoms with van der Waals surface area (Å²) in [4.78, 5) is 7.99. The molecule has 1 N–H and O–H groups in total. The number of hydrogen-bond acceptors (Lipinski definition) is 3. The number of nitrogens with one attached hydrogen (secondary N) is 1. The number of rotatable bonds is 2. The van der Waals surface area contributed by atoms with Crippen molar-refractivity contribution in [3.8, 4) is 0 Å². The van der Waals surface area contributed by atoms with Crippen molar-refractivity contribution in [2.75, 3.05) is 5.32 Å². The van der Waals surface area contributed by atoms with Gasteiger partial charge in [0.05, 0.1) is 0 Å². The van der Waals surface area contributed by atoms with E-state index in [2.05, 4.69) is 29.1 Å². The van der Waals surface area contributed by atoms with Crippen LogP contribution < -0.4 is 5.32 Å². The monoisotopic (exact) mass is 217 g/mol. The fourth-order valence-electron chi connectivity index (χ4n) is 0.632. The molecule has 4 heteroatoms. The lowest BCUT2D eigenvalue weighted by Crippen LogP contribution is -2.11. The molecule has 0 fully saturated rings. The van der Waals surface area contributed by atoms with Gasteiger partial charge in [0.15, 0.2) is 0 Å². The molecule has 0 amide bonds. The van der Waals surface area contributed by atoms with E-state index in [1.807, 2.05) is 0 Å². The Morgan fingerprint density at radius 1 is 1.27 bits per heavy atom. The Labute approximate surface area is 77.0 Å². The first-order valence-corrected chi connectivity index (χ1v) is 3.32. The first kappa shape index (κ1) is 10.4. The van der Waals surface area contributed by atoms with E-state index in [9.17, 15) is 0 Å². The normalized spacial score (nSPS) is 9.00. The van der Waals surface area contributed by atoms with Gasteiger partial charge in [-0.25, -0.2) is 9.97 Å². The highest BCUT2D eigenvalue weighted by Crippen LogP contribution is 1.95. The molecule has 0 radical (unpaired) electrons. The zero-order valence-electron chi connectivity index (χ0n) is 6.61. The summed E-state index contributed by atoms with van der Waals surface area (Å²) >= 11 is 0. The lowest BCUT2D eigenvalue weighted by atomic mass is 10.4. The van der Waals surface area contributed by atoms with Crippen molar-refractivity contribution in [1.82, 2.24) is 9.97 Å². The Balaban J connectivity index is 0.000001000. The summed E-state index contributed by atoms with van der Waals surface area (Å²) in [6.07, 6.45) is 3.44. The summed E-state index contributed by atoms with van der Waals surface area (Å²) in [5.74, 6) is 0.692. The molecule has 0 saturated carbocycles. The van der Waals surface area contributed by atoms with Crippen molar-refractivity contribution in [3.05, 3.63) is 18.5 Å². The first-order chi connectivity index (χ1) is 4.79. The van der Waals surface area contributed by atoms with E-state index in [-0.39, 0.29) is 17.0 Å². The molecule has 0 saturated heterocycles. The Hall–Kier alpha value is -0.640. The van der Waals surface area contributed by atoms with Gasteiger partial charge in [-0.3, -0.25) is 0 Å². The van der Waals surface area contributed by atoms with Crippen LogP contribution in [-0.2, 0) is 0 Å². The van der Waals surface area contributed by atoms with E-state index in [1.165, 1.54) is 0 Å². The molecule has 0 aliphatic rings. The summed E-state index contributed by atoms with van der Waals surface area (Å²) in [5, 5.41) is 3.08. The van der Waals surface area contributed by atoms with E-state index in [0.29, 0.717) is 12.0 Å². The van der Waals surface area contributed by atoms with Crippen LogP contribution in [0.1, 0.15) is 13.8 Å². The fraction of sp³-hybridized carbons (Fsp3) is 0.429. The molecule has 62 valence electrons. The van der Waals surface area contributed by atoms with Gasteiger partial charge in [-0.15, -0.1) is 17.0 Å². The summed E-state index contributed by atoms with van der Waals surface area (Å²) in [6, 6.07) is 2.19. The van der Waals surface area contributed by atoms with Crippen LogP contribution in [0.15, 0.2) is 18.5 Å². The number of nitrogens with zero attached hydrogens (tertiary/aromatic N) is 2. The quantitative estimate of drug-likeness (QED) is 0.823. The first-order valence-electron chi connectivity index (χ1n) is 3.32. The lowest BCUT2D eigenvalue weighted by Gasteiger charge is -2.05. The molecular formula is C7H12BrN3. The molecule has 0 bridgehead atoms. The average Bonchev–Trinajstić information content (AvgIpc) is 1.88. The van der Waals surface area contributed by atoms with E-state index < -0.39 is 0 Å². The molecular weight excluding hydrogens is 206 g/mol. The van der Waals surface area contributed by atoms with E-state index in [0.717, 1.165) is 0 Å². The van der Waals surface area contributed by atoms with Crippen LogP contribution in [0.3, 0.4) is 0 Å². The van der Waals surface area contributed by atoms with Crippen molar-refractivity contribution in [2.45, 2.75) is 19.9 Å². The van der Waals surface area contributed by atoms with Crippen LogP contribution in [-0.4, -0.2) is 16.0 Å². The average molecular weight is 218 g/mol. The second-order valence-corrected chi connectivity index (χ2v) is 2.37. The van der Waals surface area contributed by atoms with Crippen molar-refractivity contribution in [2.24, 2.45) is 0 Å². The van der Waals surface area contributed by atoms with Gasteiger partial charge in [0.25, 0.3) is 0 Å². The minimum atomic E-state index is 0. The highest BCUT2D eigenvalue weighted by atomic mass is 79.9. The second kappa shape index (κ2) is 5.07. The number of anilines is 1. The van der Waals surface area contributed by atoms with Crippen molar-refractivity contribution >= 4 is 22.9 Å². The lowest BCUT2D eigenvalue weighted by molar-refractivity contribution is 0.874. The maximum Gasteiger partial charge on any atom is 0.222 e. The Bertz CT molecular complexity index is 188. The molecule has 1 heterocycles. The van der Waals surface area contributed by atoms with Gasteiger partial charge >= 0.3 is 0 Å². The molecule has 1 aromatic rings. The van der Waals surface area contributed by atoms with Crippen LogP contribution in [0.5, 0.6) is 0 Å². The summed E-state index contributed by atoms with van der Waals surface area (Å²) in [6.45, 7) is 4.10. The molecule has 0 aliphatic heterocycles. The molecule has 0 aliphatic carbocycles. The number of halogens is 1. The molecule has 3 nitrogen and oxygen atoms in total. The Morgan fingerprint density at radius 2 is 1.82 bits per heavy atom. The smallest absolute Gasteiger partial charge is 0.222 e. The minimum absolute atomic E-state index is 0. The van der Waals surface area contributed by atoms with Crippen molar-refractivity contribution in [1.29, 1.82) is 0 Å². The largest absolute Gasteiger partial charge is 0.352 e. The molecule has 0 atom stereocenters. The SMILES string of the molecule is Br.CC(C)Nc1ncccn1. The minimum Gasteiger partial charge on any atom is -0.352 e. The molecule has 0 spiro atoms. The third-order valence-electron chi connectivity index (χ3n) is 0.984. The maximum atomic E-state index is 4.00. The predicted molar refractivity (Wildman–Crippen MR) is 51.1 cm³/mol. The molecule has 11 heavy (non-hydrogen) atoms. The van der Waals surface area contributed by atoms with Crippen molar-refractivity contribution in [3.63, 3.8) is 0 Å². The zero-order chi connectivity index (χ0) is 7.40. The zero-order valence-corrected chi connectivity index (χ0v) is 8.33. The highest BCUT2D eigenvalue weighted by molar-refractivity contribution is 8.93. The third-order valence-corrected chi connectivity index (χ3v) is 0.984. The second-order valence-electron chi connectivity index (χ2n) is 2.37. The fourth-order valence-corrected chi connectivity index (χ4v) is 0.632. The van der Waals surface area contributed by atoms with Gasteiger partial charge in [0, 0.05) is 18.4 Å². The van der Waals surface area contributed by atoms with Crippen LogP contribution in [0, 0.1) is 0 Å². The summed E-state index contributed by atoms with van der Waals surface area (Å²) < 4.78 is 0. The van der Waals surface area contributed by atoms with Crippen LogP contribution in [0.25, 0.3) is 0 Å². The predicted octanol–water partition coefficient (Wildman–Crippen LogP) is 1.87. The van der Waals surface area contributed by atoms with Gasteiger partial charge < -0.3 is 5.32 Å². The van der Waals surface area contributed by atoms with Gasteiger partial charge in [0.2, 0.25) is 5.95 Å². The number of aromatic nitrogens is 2. The van der Waals surface area contributed by atoms with E-state index in [4.69, 9.17) is 0 Å². The topological polar surface area (TPSA) is 37.8 Å². The van der Waals surface area contributed by atoms with Gasteiger partial charge in [-0.2, -0.15) is 0 Å². The maximum absolute atomic E-state index is 4.00. The summed E-state index contributed by atoms with van der Waals surface area (Å²) in [5.41, 5.74) is 0. The van der Waals surface area contributed by atoms with Crippen LogP contribution in [0.4, 0.5) is 5.95 Å². The van der Waals surface area contributed by atoms with E-state index in [1.54, 1.807) is 18.5 Å². The Morgan fingerprint density at radius 3 is 2.27 bits per heavy atom. The standard InChI is InChI=1S/C7H11N3.BrH/c1-6(2)10-7-8-4-3-5-9-7;/h3-6H,1-2H3,(H,8,9,10);1H. The molecule has 1 rings (SSSR count). The van der Waals surface area contributed by atoms with Gasteiger partial charge in [-0.1, -0.05) is 0 Å². The Kier molecular flexibility index (Phi) is 4.77. The van der Waals surface area contributed by atoms with Crippen LogP contribution >= 0.6 is 17.0 Å². The highest BCUT2D eigenvalue weighted by Gasteiger charge is 1.93. The molecule has 1 aromatic heterocycles. The third kappa shape index (κ3) is 3.93. The van der Waals surface area contributed by atoms with Crippen LogP contribution in [0.2, 0.25) is 0 Å². The molecule has 0 unspecified atom stereocenters. The molecule has 0 aromatic carbocycles. The summed E-state index contributed by atoms with van der Waals surface area (Å²) in [7, 11) is 0. The van der Waals surface area contributed by atoms with E-state index >= 15 is 0 Å².